The second-order valence-corrected chi connectivity index (χ2v) is 14.0. The van der Waals surface area contributed by atoms with Gasteiger partial charge in [-0.1, -0.05) is 54.1 Å². The normalized spacial score (nSPS) is 16.9. The summed E-state index contributed by atoms with van der Waals surface area (Å²) in [5, 5.41) is 19.9. The van der Waals surface area contributed by atoms with Gasteiger partial charge in [0.15, 0.2) is 0 Å². The lowest BCUT2D eigenvalue weighted by molar-refractivity contribution is 0.260. The molecular formula is C31H30BClFN7O2S. The van der Waals surface area contributed by atoms with Crippen LogP contribution in [0.4, 0.5) is 15.8 Å². The molecule has 0 radical (unpaired) electrons. The SMILES string of the molecule is B[C@@](Nc1cc(Cl)c2ncc(C#N)c(NC(CS(C)(=O)=O)c3ccccc3)c2c1)(C1=CN(C2CC2)NN1)c1ccc(F)cc1. The van der Waals surface area contributed by atoms with E-state index >= 15 is 0 Å². The van der Waals surface area contributed by atoms with Crippen LogP contribution in [0, 0.1) is 17.1 Å². The number of aromatic nitrogens is 1. The first-order valence-electron chi connectivity index (χ1n) is 14.1. The summed E-state index contributed by atoms with van der Waals surface area (Å²) in [5.74, 6) is -0.534. The molecule has 2 atom stereocenters. The maximum absolute atomic E-state index is 14.0. The highest BCUT2D eigenvalue weighted by Gasteiger charge is 2.38. The van der Waals surface area contributed by atoms with Gasteiger partial charge in [0.1, 0.15) is 29.6 Å². The van der Waals surface area contributed by atoms with Gasteiger partial charge in [0.25, 0.3) is 0 Å². The van der Waals surface area contributed by atoms with Crippen molar-refractivity contribution in [3.05, 3.63) is 112 Å². The summed E-state index contributed by atoms with van der Waals surface area (Å²) in [6.07, 6.45) is 6.80. The Labute approximate surface area is 261 Å². The quantitative estimate of drug-likeness (QED) is 0.190. The maximum atomic E-state index is 14.0. The number of fused-ring (bicyclic) bond motifs is 1. The Balaban J connectivity index is 1.46. The van der Waals surface area contributed by atoms with Crippen LogP contribution in [-0.4, -0.2) is 44.3 Å². The number of sulfone groups is 1. The Kier molecular flexibility index (Phi) is 7.88. The number of pyridine rings is 1. The lowest BCUT2D eigenvalue weighted by Crippen LogP contribution is -2.45. The van der Waals surface area contributed by atoms with Crippen molar-refractivity contribution in [2.75, 3.05) is 22.6 Å². The molecule has 1 aromatic heterocycles. The van der Waals surface area contributed by atoms with Gasteiger partial charge in [-0.05, 0) is 48.2 Å². The highest BCUT2D eigenvalue weighted by atomic mass is 35.5. The molecule has 1 fully saturated rings. The molecule has 2 heterocycles. The monoisotopic (exact) mass is 629 g/mol. The number of halogens is 2. The van der Waals surface area contributed by atoms with Crippen molar-refractivity contribution in [3.63, 3.8) is 0 Å². The molecule has 0 bridgehead atoms. The van der Waals surface area contributed by atoms with E-state index in [1.165, 1.54) is 24.6 Å². The number of hydrogen-bond donors (Lipinski definition) is 4. The first kappa shape index (κ1) is 29.8. The second-order valence-electron chi connectivity index (χ2n) is 11.4. The maximum Gasteiger partial charge on any atom is 0.149 e. The van der Waals surface area contributed by atoms with Gasteiger partial charge >= 0.3 is 0 Å². The van der Waals surface area contributed by atoms with Crippen molar-refractivity contribution in [1.82, 2.24) is 21.0 Å². The molecule has 1 aliphatic carbocycles. The van der Waals surface area contributed by atoms with Gasteiger partial charge in [-0.3, -0.25) is 9.99 Å². The largest absolute Gasteiger partial charge is 0.378 e. The fraction of sp³-hybridized carbons (Fsp3) is 0.226. The Morgan fingerprint density at radius 1 is 1.20 bits per heavy atom. The van der Waals surface area contributed by atoms with E-state index < -0.39 is 21.3 Å². The zero-order valence-electron chi connectivity index (χ0n) is 24.1. The predicted molar refractivity (Wildman–Crippen MR) is 173 cm³/mol. The van der Waals surface area contributed by atoms with Gasteiger partial charge < -0.3 is 16.1 Å². The third-order valence-electron chi connectivity index (χ3n) is 7.92. The topological polar surface area (TPSA) is 122 Å². The second kappa shape index (κ2) is 11.7. The first-order valence-corrected chi connectivity index (χ1v) is 16.6. The summed E-state index contributed by atoms with van der Waals surface area (Å²) < 4.78 is 38.9. The van der Waals surface area contributed by atoms with Gasteiger partial charge in [0.2, 0.25) is 0 Å². The van der Waals surface area contributed by atoms with Crippen molar-refractivity contribution in [2.24, 2.45) is 0 Å². The predicted octanol–water partition coefficient (Wildman–Crippen LogP) is 4.32. The lowest BCUT2D eigenvalue weighted by Gasteiger charge is -2.34. The van der Waals surface area contributed by atoms with E-state index in [1.54, 1.807) is 18.2 Å². The number of hydrazine groups is 2. The Hall–Kier alpha value is -4.31. The van der Waals surface area contributed by atoms with Crippen molar-refractivity contribution < 1.29 is 12.8 Å². The number of nitrogens with zero attached hydrogens (tertiary/aromatic N) is 3. The van der Waals surface area contributed by atoms with E-state index in [2.05, 4.69) is 32.6 Å². The van der Waals surface area contributed by atoms with E-state index in [1.807, 2.05) is 55.5 Å². The van der Waals surface area contributed by atoms with Crippen LogP contribution in [0.15, 0.2) is 84.8 Å². The molecule has 6 rings (SSSR count). The summed E-state index contributed by atoms with van der Waals surface area (Å²) in [6.45, 7) is 0. The van der Waals surface area contributed by atoms with Crippen LogP contribution in [0.3, 0.4) is 0 Å². The van der Waals surface area contributed by atoms with Crippen LogP contribution >= 0.6 is 11.6 Å². The highest BCUT2D eigenvalue weighted by Crippen LogP contribution is 2.39. The third-order valence-corrected chi connectivity index (χ3v) is 9.14. The number of anilines is 2. The van der Waals surface area contributed by atoms with Gasteiger partial charge in [0.05, 0.1) is 44.7 Å². The van der Waals surface area contributed by atoms with Crippen molar-refractivity contribution in [3.8, 4) is 6.07 Å². The zero-order chi connectivity index (χ0) is 31.1. The molecule has 9 nitrogen and oxygen atoms in total. The van der Waals surface area contributed by atoms with Crippen LogP contribution in [0.5, 0.6) is 0 Å². The molecule has 1 saturated carbocycles. The van der Waals surface area contributed by atoms with E-state index in [-0.39, 0.29) is 17.1 Å². The van der Waals surface area contributed by atoms with E-state index in [0.29, 0.717) is 33.3 Å². The third kappa shape index (κ3) is 6.17. The average molecular weight is 630 g/mol. The number of benzene rings is 3. The zero-order valence-corrected chi connectivity index (χ0v) is 25.7. The molecule has 0 spiro atoms. The number of nitriles is 1. The summed E-state index contributed by atoms with van der Waals surface area (Å²) in [4.78, 5) is 4.46. The summed E-state index contributed by atoms with van der Waals surface area (Å²) >= 11 is 6.81. The van der Waals surface area contributed by atoms with Crippen LogP contribution in [0.2, 0.25) is 5.02 Å². The van der Waals surface area contributed by atoms with Gasteiger partial charge in [-0.2, -0.15) is 5.26 Å². The molecule has 1 aliphatic heterocycles. The smallest absolute Gasteiger partial charge is 0.149 e. The fourth-order valence-corrected chi connectivity index (χ4v) is 6.60. The lowest BCUT2D eigenvalue weighted by atomic mass is 9.69. The molecule has 13 heteroatoms. The van der Waals surface area contributed by atoms with Crippen molar-refractivity contribution in [1.29, 1.82) is 5.26 Å². The standard InChI is InChI=1S/C31H30BClFN7O2S/c1-44(42,43)18-27(19-5-3-2-4-6-19)37-29-20(15-35)16-36-30-25(29)13-23(14-26(30)33)38-31(32,21-7-9-22(34)10-8-21)28-17-41(40-39-28)24-11-12-24/h2-10,13-14,16-17,24,27,38-40H,11-12,18,32H2,1H3,(H,36,37)/t27?,31-/m0/s1. The fourth-order valence-electron chi connectivity index (χ4n) is 5.45. The van der Waals surface area contributed by atoms with E-state index in [9.17, 15) is 18.1 Å². The minimum absolute atomic E-state index is 0.190. The van der Waals surface area contributed by atoms with Crippen LogP contribution in [0.1, 0.15) is 35.6 Å². The number of hydrogen-bond acceptors (Lipinski definition) is 9. The van der Waals surface area contributed by atoms with E-state index in [4.69, 9.17) is 11.6 Å². The first-order chi connectivity index (χ1) is 21.0. The molecule has 2 aliphatic rings. The molecule has 1 unspecified atom stereocenters. The summed E-state index contributed by atoms with van der Waals surface area (Å²) in [5.41, 5.74) is 9.71. The summed E-state index contributed by atoms with van der Waals surface area (Å²) in [6, 6.07) is 21.0. The van der Waals surface area contributed by atoms with Crippen LogP contribution in [0.25, 0.3) is 10.9 Å². The molecule has 3 aromatic carbocycles. The molecule has 224 valence electrons. The average Bonchev–Trinajstić information content (AvgIpc) is 3.72. The van der Waals surface area contributed by atoms with Crippen LogP contribution < -0.4 is 21.6 Å². The minimum atomic E-state index is -3.40. The molecule has 4 aromatic rings. The Bertz CT molecular complexity index is 1900. The highest BCUT2D eigenvalue weighted by molar-refractivity contribution is 7.90. The van der Waals surface area contributed by atoms with E-state index in [0.717, 1.165) is 29.7 Å². The molecule has 44 heavy (non-hydrogen) atoms. The summed E-state index contributed by atoms with van der Waals surface area (Å²) in [7, 11) is -1.42. The van der Waals surface area contributed by atoms with Gasteiger partial charge in [0, 0.05) is 35.8 Å². The number of nitrogens with one attached hydrogen (secondary N) is 4. The Morgan fingerprint density at radius 3 is 2.59 bits per heavy atom. The van der Waals surface area contributed by atoms with Crippen LogP contribution in [-0.2, 0) is 15.3 Å². The molecule has 4 N–H and O–H groups in total. The number of rotatable bonds is 10. The van der Waals surface area contributed by atoms with Gasteiger partial charge in [-0.15, -0.1) is 5.53 Å². The van der Waals surface area contributed by atoms with Crippen molar-refractivity contribution in [2.45, 2.75) is 30.4 Å². The Morgan fingerprint density at radius 2 is 1.93 bits per heavy atom. The molecule has 0 amide bonds. The molecular weight excluding hydrogens is 600 g/mol. The molecule has 0 saturated heterocycles. The minimum Gasteiger partial charge on any atom is -0.378 e. The van der Waals surface area contributed by atoms with Crippen molar-refractivity contribution >= 4 is 51.6 Å². The van der Waals surface area contributed by atoms with Gasteiger partial charge in [-0.25, -0.2) is 12.8 Å².